The zero-order chi connectivity index (χ0) is 25.1. The topological polar surface area (TPSA) is 76.4 Å². The molecule has 0 spiro atoms. The van der Waals surface area contributed by atoms with Gasteiger partial charge in [-0.15, -0.1) is 0 Å². The molecule has 0 fully saturated rings. The van der Waals surface area contributed by atoms with Gasteiger partial charge in [-0.3, -0.25) is 9.48 Å². The van der Waals surface area contributed by atoms with Crippen LogP contribution in [0.25, 0.3) is 0 Å². The first-order valence-corrected chi connectivity index (χ1v) is 11.4. The summed E-state index contributed by atoms with van der Waals surface area (Å²) < 4.78 is 46.9. The van der Waals surface area contributed by atoms with Crippen LogP contribution in [0.5, 0.6) is 0 Å². The molecule has 0 aliphatic carbocycles. The summed E-state index contributed by atoms with van der Waals surface area (Å²) in [4.78, 5) is 25.6. The van der Waals surface area contributed by atoms with Crippen LogP contribution < -0.4 is 9.80 Å². The third-order valence-electron chi connectivity index (χ3n) is 6.06. The van der Waals surface area contributed by atoms with Crippen LogP contribution >= 0.6 is 0 Å². The maximum absolute atomic E-state index is 13.5. The number of nitrogens with zero attached hydrogens (tertiary/aromatic N) is 6. The smallest absolute Gasteiger partial charge is 0.249 e. The molecule has 0 unspecified atom stereocenters. The van der Waals surface area contributed by atoms with Crippen molar-refractivity contribution in [2.45, 2.75) is 38.8 Å². The maximum atomic E-state index is 13.5. The minimum Gasteiger partial charge on any atom is -0.383 e. The van der Waals surface area contributed by atoms with Gasteiger partial charge in [0.1, 0.15) is 17.6 Å². The lowest BCUT2D eigenvalue weighted by Crippen LogP contribution is -2.53. The Morgan fingerprint density at radius 3 is 2.51 bits per heavy atom. The van der Waals surface area contributed by atoms with Gasteiger partial charge in [-0.1, -0.05) is 6.92 Å². The van der Waals surface area contributed by atoms with Crippen LogP contribution in [0.3, 0.4) is 0 Å². The molecule has 0 saturated heterocycles. The van der Waals surface area contributed by atoms with Crippen molar-refractivity contribution in [1.29, 1.82) is 0 Å². The lowest BCUT2D eigenvalue weighted by atomic mass is 10.1. The first-order chi connectivity index (χ1) is 16.8. The van der Waals surface area contributed by atoms with E-state index in [1.54, 1.807) is 37.6 Å². The number of aromatic nitrogens is 4. The number of benzene rings is 1. The molecule has 35 heavy (non-hydrogen) atoms. The van der Waals surface area contributed by atoms with E-state index in [1.165, 1.54) is 4.68 Å². The summed E-state index contributed by atoms with van der Waals surface area (Å²) in [6, 6.07) is 1.60. The molecule has 0 bridgehead atoms. The summed E-state index contributed by atoms with van der Waals surface area (Å²) >= 11 is 0. The Balaban J connectivity index is 1.47. The number of hydrogen-bond donors (Lipinski definition) is 0. The summed E-state index contributed by atoms with van der Waals surface area (Å²) in [7, 11) is 3.35. The van der Waals surface area contributed by atoms with E-state index < -0.39 is 17.5 Å². The highest BCUT2D eigenvalue weighted by Gasteiger charge is 2.36. The summed E-state index contributed by atoms with van der Waals surface area (Å²) in [5.41, 5.74) is 1.82. The van der Waals surface area contributed by atoms with Crippen molar-refractivity contribution in [2.24, 2.45) is 0 Å². The second-order valence-electron chi connectivity index (χ2n) is 8.42. The van der Waals surface area contributed by atoms with E-state index in [1.807, 2.05) is 11.8 Å². The molecule has 1 aliphatic rings. The Morgan fingerprint density at radius 1 is 1.09 bits per heavy atom. The van der Waals surface area contributed by atoms with Crippen LogP contribution in [-0.4, -0.2) is 59.0 Å². The van der Waals surface area contributed by atoms with Crippen LogP contribution in [0.2, 0.25) is 0 Å². The van der Waals surface area contributed by atoms with Crippen molar-refractivity contribution < 1.29 is 22.7 Å². The van der Waals surface area contributed by atoms with Crippen LogP contribution in [-0.2, 0) is 28.9 Å². The Hall–Kier alpha value is -3.47. The number of ether oxygens (including phenoxy) is 1. The average molecular weight is 489 g/mol. The van der Waals surface area contributed by atoms with Crippen LogP contribution in [0.15, 0.2) is 30.7 Å². The molecule has 1 atom stereocenters. The van der Waals surface area contributed by atoms with E-state index in [0.717, 1.165) is 17.7 Å². The summed E-state index contributed by atoms with van der Waals surface area (Å²) in [6.07, 6.45) is 6.87. The largest absolute Gasteiger partial charge is 0.383 e. The van der Waals surface area contributed by atoms with Gasteiger partial charge < -0.3 is 14.5 Å². The molecular formula is C24H27F3N6O2. The Kier molecular flexibility index (Phi) is 7.34. The number of carbonyl (C=O) groups is 1. The third-order valence-corrected chi connectivity index (χ3v) is 6.06. The predicted octanol–water partition coefficient (Wildman–Crippen LogP) is 3.13. The Morgan fingerprint density at radius 2 is 1.83 bits per heavy atom. The number of rotatable bonds is 9. The van der Waals surface area contributed by atoms with Gasteiger partial charge in [0.05, 0.1) is 25.5 Å². The molecule has 1 aromatic carbocycles. The fourth-order valence-corrected chi connectivity index (χ4v) is 4.20. The van der Waals surface area contributed by atoms with E-state index in [-0.39, 0.29) is 24.1 Å². The molecule has 0 saturated carbocycles. The average Bonchev–Trinajstić information content (AvgIpc) is 3.29. The quantitative estimate of drug-likeness (QED) is 0.431. The van der Waals surface area contributed by atoms with Crippen molar-refractivity contribution in [2.75, 3.05) is 37.1 Å². The monoisotopic (exact) mass is 488 g/mol. The second-order valence-corrected chi connectivity index (χ2v) is 8.42. The highest BCUT2D eigenvalue weighted by atomic mass is 19.2. The number of methoxy groups -OCH3 is 1. The molecule has 3 aromatic rings. The van der Waals surface area contributed by atoms with E-state index >= 15 is 0 Å². The molecule has 11 heteroatoms. The zero-order valence-electron chi connectivity index (χ0n) is 19.8. The number of carbonyl (C=O) groups excluding carboxylic acids is 1. The van der Waals surface area contributed by atoms with Crippen LogP contribution in [0, 0.1) is 17.5 Å². The van der Waals surface area contributed by atoms with Crippen LogP contribution in [0.4, 0.5) is 24.7 Å². The minimum absolute atomic E-state index is 0.000726. The standard InChI is InChI=1S/C24H27F3N6O2/c1-4-19-24(34)31(2)20-12-28-21(30-23(20)33(19)7-8-35-3)6-5-15-11-29-32(13-15)14-16-9-17(25)22(27)18(26)10-16/h9-13,19H,4-8,14H2,1-3H3/t19-/m1/s1. The molecule has 4 rings (SSSR count). The fraction of sp³-hybridized carbons (Fsp3) is 0.417. The minimum atomic E-state index is -1.48. The normalized spacial score (nSPS) is 15.6. The molecule has 1 amide bonds. The Bertz CT molecular complexity index is 1190. The molecule has 3 heterocycles. The van der Waals surface area contributed by atoms with E-state index in [9.17, 15) is 18.0 Å². The molecule has 2 aromatic heterocycles. The number of anilines is 2. The third kappa shape index (κ3) is 5.14. The van der Waals surface area contributed by atoms with Crippen molar-refractivity contribution in [1.82, 2.24) is 19.7 Å². The van der Waals surface area contributed by atoms with Gasteiger partial charge in [-0.2, -0.15) is 5.10 Å². The van der Waals surface area contributed by atoms with Crippen molar-refractivity contribution >= 4 is 17.4 Å². The molecule has 0 radical (unpaired) electrons. The summed E-state index contributed by atoms with van der Waals surface area (Å²) in [6.45, 7) is 3.08. The number of likely N-dealkylation sites (N-methyl/N-ethyl adjacent to an activating group) is 1. The van der Waals surface area contributed by atoms with E-state index in [2.05, 4.69) is 10.1 Å². The van der Waals surface area contributed by atoms with Gasteiger partial charge in [0, 0.05) is 33.3 Å². The van der Waals surface area contributed by atoms with Crippen LogP contribution in [0.1, 0.15) is 30.3 Å². The van der Waals surface area contributed by atoms with Crippen molar-refractivity contribution in [3.63, 3.8) is 0 Å². The molecule has 186 valence electrons. The number of fused-ring (bicyclic) bond motifs is 1. The number of amides is 1. The summed E-state index contributed by atoms with van der Waals surface area (Å²) in [5, 5.41) is 4.23. The highest BCUT2D eigenvalue weighted by molar-refractivity contribution is 6.04. The lowest BCUT2D eigenvalue weighted by Gasteiger charge is -2.40. The summed E-state index contributed by atoms with van der Waals surface area (Å²) in [5.74, 6) is -2.61. The molecular weight excluding hydrogens is 461 g/mol. The molecule has 1 aliphatic heterocycles. The van der Waals surface area contributed by atoms with Crippen molar-refractivity contribution in [3.8, 4) is 0 Å². The maximum Gasteiger partial charge on any atom is 0.249 e. The van der Waals surface area contributed by atoms with Crippen molar-refractivity contribution in [3.05, 3.63) is 65.1 Å². The van der Waals surface area contributed by atoms with Gasteiger partial charge in [0.15, 0.2) is 23.3 Å². The SMILES string of the molecule is CC[C@@H]1C(=O)N(C)c2cnc(CCc3cnn(Cc4cc(F)c(F)c(F)c4)c3)nc2N1CCOC. The molecule has 8 nitrogen and oxygen atoms in total. The second kappa shape index (κ2) is 10.4. The van der Waals surface area contributed by atoms with E-state index in [0.29, 0.717) is 49.7 Å². The zero-order valence-corrected chi connectivity index (χ0v) is 19.8. The highest BCUT2D eigenvalue weighted by Crippen LogP contribution is 2.34. The van der Waals surface area contributed by atoms with Gasteiger partial charge in [0.25, 0.3) is 0 Å². The fourth-order valence-electron chi connectivity index (χ4n) is 4.20. The van der Waals surface area contributed by atoms with E-state index in [4.69, 9.17) is 9.72 Å². The first-order valence-electron chi connectivity index (χ1n) is 11.4. The van der Waals surface area contributed by atoms with Gasteiger partial charge in [-0.05, 0) is 36.1 Å². The van der Waals surface area contributed by atoms with Gasteiger partial charge in [-0.25, -0.2) is 23.1 Å². The van der Waals surface area contributed by atoms with Gasteiger partial charge in [0.2, 0.25) is 5.91 Å². The number of hydrogen-bond acceptors (Lipinski definition) is 6. The predicted molar refractivity (Wildman–Crippen MR) is 124 cm³/mol. The first kappa shape index (κ1) is 24.6. The Labute approximate surface area is 201 Å². The number of aryl methyl sites for hydroxylation is 2. The number of halogens is 3. The lowest BCUT2D eigenvalue weighted by molar-refractivity contribution is -0.120. The van der Waals surface area contributed by atoms with Gasteiger partial charge >= 0.3 is 0 Å². The molecule has 0 N–H and O–H groups in total.